The van der Waals surface area contributed by atoms with Crippen LogP contribution in [0.15, 0.2) is 55.4 Å². The molecule has 178 valence electrons. The Bertz CT molecular complexity index is 1170. The molecule has 1 amide bonds. The summed E-state index contributed by atoms with van der Waals surface area (Å²) in [7, 11) is 0. The fourth-order valence-corrected chi connectivity index (χ4v) is 3.83. The van der Waals surface area contributed by atoms with E-state index in [1.807, 2.05) is 0 Å². The van der Waals surface area contributed by atoms with E-state index in [1.54, 1.807) is 30.3 Å². The van der Waals surface area contributed by atoms with Crippen molar-refractivity contribution in [3.05, 3.63) is 60.4 Å². The predicted molar refractivity (Wildman–Crippen MR) is 130 cm³/mol. The smallest absolute Gasteiger partial charge is 0.247 e. The molecular formula is C24H25ClFN5O3. The standard InChI is InChI=1S/C24H25ClFN5O3/c1-2-23(32)29-21-14-19-20(15-22(21)34-10-4-7-30-8-11-33-12-9-30)27-16-28-24(19)31(26)18-6-3-5-17(25)13-18/h2-3,5-6,13-16H,1,4,7-12H2,(H,29,32). The van der Waals surface area contributed by atoms with Crippen LogP contribution in [0.1, 0.15) is 6.42 Å². The summed E-state index contributed by atoms with van der Waals surface area (Å²) in [6.07, 6.45) is 3.23. The van der Waals surface area contributed by atoms with Crippen molar-refractivity contribution in [2.24, 2.45) is 0 Å². The summed E-state index contributed by atoms with van der Waals surface area (Å²) in [6.45, 7) is 8.11. The monoisotopic (exact) mass is 485 g/mol. The maximum absolute atomic E-state index is 15.3. The highest BCUT2D eigenvalue weighted by Crippen LogP contribution is 2.36. The molecule has 0 spiro atoms. The van der Waals surface area contributed by atoms with E-state index < -0.39 is 5.91 Å². The maximum Gasteiger partial charge on any atom is 0.247 e. The van der Waals surface area contributed by atoms with Crippen molar-refractivity contribution in [2.75, 3.05) is 49.9 Å². The molecule has 1 aliphatic heterocycles. The molecule has 1 N–H and O–H groups in total. The van der Waals surface area contributed by atoms with E-state index in [2.05, 4.69) is 26.8 Å². The van der Waals surface area contributed by atoms with Gasteiger partial charge in [0.15, 0.2) is 5.82 Å². The molecule has 0 atom stereocenters. The third kappa shape index (κ3) is 5.80. The topological polar surface area (TPSA) is 79.8 Å². The Hall–Kier alpha value is -3.27. The molecule has 2 aromatic carbocycles. The maximum atomic E-state index is 15.3. The minimum absolute atomic E-state index is 0.0141. The van der Waals surface area contributed by atoms with Crippen molar-refractivity contribution in [3.8, 4) is 5.75 Å². The predicted octanol–water partition coefficient (Wildman–Crippen LogP) is 4.53. The van der Waals surface area contributed by atoms with E-state index in [0.717, 1.165) is 45.3 Å². The number of morpholine rings is 1. The van der Waals surface area contributed by atoms with Crippen molar-refractivity contribution >= 4 is 45.6 Å². The molecule has 10 heteroatoms. The Kier molecular flexibility index (Phi) is 7.89. The molecule has 3 aromatic rings. The van der Waals surface area contributed by atoms with E-state index in [4.69, 9.17) is 21.1 Å². The van der Waals surface area contributed by atoms with E-state index in [1.165, 1.54) is 12.4 Å². The first-order valence-corrected chi connectivity index (χ1v) is 11.3. The molecule has 4 rings (SSSR count). The summed E-state index contributed by atoms with van der Waals surface area (Å²) < 4.78 is 26.7. The largest absolute Gasteiger partial charge is 0.491 e. The first kappa shape index (κ1) is 23.9. The molecular weight excluding hydrogens is 461 g/mol. The number of amides is 1. The quantitative estimate of drug-likeness (QED) is 0.271. The number of hydrogen-bond acceptors (Lipinski definition) is 7. The van der Waals surface area contributed by atoms with Crippen LogP contribution in [0.5, 0.6) is 5.75 Å². The Labute approximate surface area is 201 Å². The molecule has 34 heavy (non-hydrogen) atoms. The van der Waals surface area contributed by atoms with E-state index >= 15 is 4.48 Å². The lowest BCUT2D eigenvalue weighted by molar-refractivity contribution is -0.111. The van der Waals surface area contributed by atoms with Crippen molar-refractivity contribution in [1.82, 2.24) is 14.9 Å². The van der Waals surface area contributed by atoms with Crippen LogP contribution in [0, 0.1) is 0 Å². The zero-order chi connectivity index (χ0) is 23.9. The van der Waals surface area contributed by atoms with Gasteiger partial charge in [-0.3, -0.25) is 9.69 Å². The average Bonchev–Trinajstić information content (AvgIpc) is 2.86. The highest BCUT2D eigenvalue weighted by atomic mass is 35.5. The Morgan fingerprint density at radius 3 is 2.88 bits per heavy atom. The number of ether oxygens (including phenoxy) is 2. The molecule has 1 aromatic heterocycles. The Morgan fingerprint density at radius 2 is 2.12 bits per heavy atom. The summed E-state index contributed by atoms with van der Waals surface area (Å²) in [5, 5.41) is 3.95. The van der Waals surface area contributed by atoms with Gasteiger partial charge in [-0.2, -0.15) is 5.12 Å². The van der Waals surface area contributed by atoms with Crippen LogP contribution in [0.25, 0.3) is 10.9 Å². The van der Waals surface area contributed by atoms with Crippen LogP contribution < -0.4 is 15.2 Å². The fourth-order valence-electron chi connectivity index (χ4n) is 3.64. The lowest BCUT2D eigenvalue weighted by Crippen LogP contribution is -2.37. The summed E-state index contributed by atoms with van der Waals surface area (Å²) in [5.41, 5.74) is 1.06. The molecule has 8 nitrogen and oxygen atoms in total. The lowest BCUT2D eigenvalue weighted by atomic mass is 10.1. The molecule has 1 aliphatic rings. The van der Waals surface area contributed by atoms with Gasteiger partial charge >= 0.3 is 0 Å². The van der Waals surface area contributed by atoms with Gasteiger partial charge in [-0.1, -0.05) is 28.7 Å². The van der Waals surface area contributed by atoms with Gasteiger partial charge in [-0.25, -0.2) is 9.97 Å². The second-order valence-corrected chi connectivity index (χ2v) is 8.11. The number of carbonyl (C=O) groups is 1. The lowest BCUT2D eigenvalue weighted by Gasteiger charge is -2.26. The molecule has 2 heterocycles. The number of anilines is 3. The highest BCUT2D eigenvalue weighted by molar-refractivity contribution is 6.30. The second-order valence-electron chi connectivity index (χ2n) is 7.67. The van der Waals surface area contributed by atoms with Crippen LogP contribution in [0.3, 0.4) is 0 Å². The van der Waals surface area contributed by atoms with Crippen molar-refractivity contribution in [1.29, 1.82) is 0 Å². The molecule has 0 unspecified atom stereocenters. The summed E-state index contributed by atoms with van der Waals surface area (Å²) in [5.74, 6) is 0.0330. The van der Waals surface area contributed by atoms with E-state index in [0.29, 0.717) is 39.1 Å². The van der Waals surface area contributed by atoms with Crippen molar-refractivity contribution in [3.63, 3.8) is 0 Å². The van der Waals surface area contributed by atoms with Crippen molar-refractivity contribution in [2.45, 2.75) is 6.42 Å². The van der Waals surface area contributed by atoms with Gasteiger partial charge in [0.05, 0.1) is 36.7 Å². The fraction of sp³-hybridized carbons (Fsp3) is 0.292. The molecule has 1 fully saturated rings. The number of nitrogens with zero attached hydrogens (tertiary/aromatic N) is 4. The number of rotatable bonds is 9. The van der Waals surface area contributed by atoms with Crippen LogP contribution >= 0.6 is 11.6 Å². The number of benzene rings is 2. The minimum Gasteiger partial charge on any atom is -0.491 e. The summed E-state index contributed by atoms with van der Waals surface area (Å²) >= 11 is 6.02. The van der Waals surface area contributed by atoms with Crippen molar-refractivity contribution < 1.29 is 18.7 Å². The Balaban J connectivity index is 1.59. The van der Waals surface area contributed by atoms with Gasteiger partial charge in [-0.05, 0) is 36.8 Å². The van der Waals surface area contributed by atoms with Gasteiger partial charge in [0.2, 0.25) is 5.91 Å². The molecule has 0 aliphatic carbocycles. The first-order valence-electron chi connectivity index (χ1n) is 10.9. The molecule has 0 bridgehead atoms. The third-order valence-corrected chi connectivity index (χ3v) is 5.59. The number of hydrogen-bond donors (Lipinski definition) is 1. The number of halogens is 2. The summed E-state index contributed by atoms with van der Waals surface area (Å²) in [6, 6.07) is 9.63. The van der Waals surface area contributed by atoms with E-state index in [-0.39, 0.29) is 11.5 Å². The normalized spacial score (nSPS) is 14.1. The highest BCUT2D eigenvalue weighted by Gasteiger charge is 2.18. The summed E-state index contributed by atoms with van der Waals surface area (Å²) in [4.78, 5) is 22.8. The zero-order valence-corrected chi connectivity index (χ0v) is 19.3. The minimum atomic E-state index is -0.414. The molecule has 0 radical (unpaired) electrons. The third-order valence-electron chi connectivity index (χ3n) is 5.36. The average molecular weight is 486 g/mol. The van der Waals surface area contributed by atoms with Gasteiger partial charge in [0.1, 0.15) is 12.1 Å². The van der Waals surface area contributed by atoms with Gasteiger partial charge in [-0.15, -0.1) is 0 Å². The number of nitrogens with one attached hydrogen (secondary N) is 1. The molecule has 1 saturated heterocycles. The van der Waals surface area contributed by atoms with Gasteiger partial charge in [0, 0.05) is 36.1 Å². The van der Waals surface area contributed by atoms with Gasteiger partial charge in [0.25, 0.3) is 0 Å². The van der Waals surface area contributed by atoms with Crippen LogP contribution in [-0.2, 0) is 9.53 Å². The second kappa shape index (κ2) is 11.2. The zero-order valence-electron chi connectivity index (χ0n) is 18.5. The molecule has 0 saturated carbocycles. The SMILES string of the molecule is C=CC(=O)Nc1cc2c(N(F)c3cccc(Cl)c3)ncnc2cc1OCCCN1CCOCC1. The van der Waals surface area contributed by atoms with Crippen LogP contribution in [-0.4, -0.2) is 60.2 Å². The number of fused-ring (bicyclic) bond motifs is 1. The van der Waals surface area contributed by atoms with Crippen LogP contribution in [0.2, 0.25) is 5.02 Å². The van der Waals surface area contributed by atoms with Crippen LogP contribution in [0.4, 0.5) is 21.7 Å². The first-order chi connectivity index (χ1) is 16.5. The Morgan fingerprint density at radius 1 is 1.29 bits per heavy atom. The van der Waals surface area contributed by atoms with E-state index in [9.17, 15) is 4.79 Å². The number of aromatic nitrogens is 2. The van der Waals surface area contributed by atoms with Gasteiger partial charge < -0.3 is 14.8 Å². The number of carbonyl (C=O) groups excluding carboxylic acids is 1.